The van der Waals surface area contributed by atoms with Crippen molar-refractivity contribution in [2.75, 3.05) is 13.2 Å². The van der Waals surface area contributed by atoms with Crippen LogP contribution in [0.1, 0.15) is 46.1 Å². The number of rotatable bonds is 9. The second kappa shape index (κ2) is 8.98. The average molecular weight is 263 g/mol. The van der Waals surface area contributed by atoms with E-state index in [4.69, 9.17) is 4.74 Å². The van der Waals surface area contributed by atoms with E-state index < -0.39 is 0 Å². The molecule has 0 saturated carbocycles. The van der Waals surface area contributed by atoms with Gasteiger partial charge in [-0.2, -0.15) is 0 Å². The second-order valence-electron chi connectivity index (χ2n) is 5.44. The highest BCUT2D eigenvalue weighted by atomic mass is 16.5. The molecule has 0 amide bonds. The van der Waals surface area contributed by atoms with Gasteiger partial charge in [0.1, 0.15) is 5.75 Å². The van der Waals surface area contributed by atoms with Crippen molar-refractivity contribution in [3.05, 3.63) is 29.8 Å². The molecule has 0 aliphatic rings. The molecule has 1 aromatic carbocycles. The minimum Gasteiger partial charge on any atom is -0.494 e. The zero-order valence-electron chi connectivity index (χ0n) is 12.9. The van der Waals surface area contributed by atoms with Crippen LogP contribution in [0.4, 0.5) is 0 Å². The summed E-state index contributed by atoms with van der Waals surface area (Å²) in [5, 5.41) is 3.57. The summed E-state index contributed by atoms with van der Waals surface area (Å²) in [4.78, 5) is 0. The Morgan fingerprint density at radius 2 is 1.79 bits per heavy atom. The topological polar surface area (TPSA) is 21.3 Å². The molecule has 0 aromatic heterocycles. The monoisotopic (exact) mass is 263 g/mol. The minimum absolute atomic E-state index is 0.612. The van der Waals surface area contributed by atoms with Crippen LogP contribution in [0.5, 0.6) is 5.75 Å². The smallest absolute Gasteiger partial charge is 0.119 e. The summed E-state index contributed by atoms with van der Waals surface area (Å²) in [5.74, 6) is 1.67. The van der Waals surface area contributed by atoms with Gasteiger partial charge in [-0.05, 0) is 49.4 Å². The first-order chi connectivity index (χ1) is 9.17. The molecule has 108 valence electrons. The van der Waals surface area contributed by atoms with E-state index in [0.29, 0.717) is 12.0 Å². The lowest BCUT2D eigenvalue weighted by Crippen LogP contribution is -2.34. The fourth-order valence-electron chi connectivity index (χ4n) is 2.23. The molecule has 0 radical (unpaired) electrons. The van der Waals surface area contributed by atoms with Gasteiger partial charge < -0.3 is 10.1 Å². The lowest BCUT2D eigenvalue weighted by Gasteiger charge is -2.21. The van der Waals surface area contributed by atoms with Crippen molar-refractivity contribution in [3.63, 3.8) is 0 Å². The van der Waals surface area contributed by atoms with Crippen molar-refractivity contribution in [1.29, 1.82) is 0 Å². The van der Waals surface area contributed by atoms with E-state index in [9.17, 15) is 0 Å². The summed E-state index contributed by atoms with van der Waals surface area (Å²) >= 11 is 0. The normalized spacial score (nSPS) is 12.7. The quantitative estimate of drug-likeness (QED) is 0.726. The predicted octanol–water partition coefficient (Wildman–Crippen LogP) is 4.04. The number of benzene rings is 1. The largest absolute Gasteiger partial charge is 0.494 e. The molecule has 19 heavy (non-hydrogen) atoms. The maximum absolute atomic E-state index is 5.60. The Balaban J connectivity index is 2.43. The molecule has 1 rings (SSSR count). The van der Waals surface area contributed by atoms with Gasteiger partial charge in [0.2, 0.25) is 0 Å². The number of ether oxygens (including phenoxy) is 1. The second-order valence-corrected chi connectivity index (χ2v) is 5.44. The SMILES string of the molecule is CCCOc1ccc(CCC(NCC)C(C)C)cc1. The number of hydrogen-bond donors (Lipinski definition) is 1. The number of aryl methyl sites for hydroxylation is 1. The van der Waals surface area contributed by atoms with Gasteiger partial charge in [-0.25, -0.2) is 0 Å². The third-order valence-corrected chi connectivity index (χ3v) is 3.41. The molecule has 0 fully saturated rings. The van der Waals surface area contributed by atoms with Crippen LogP contribution in [0.25, 0.3) is 0 Å². The summed E-state index contributed by atoms with van der Waals surface area (Å²) in [6.45, 7) is 10.7. The minimum atomic E-state index is 0.612. The Morgan fingerprint density at radius 1 is 1.11 bits per heavy atom. The molecule has 0 saturated heterocycles. The molecular weight excluding hydrogens is 234 g/mol. The van der Waals surface area contributed by atoms with Gasteiger partial charge in [-0.15, -0.1) is 0 Å². The molecule has 0 spiro atoms. The molecule has 2 heteroatoms. The summed E-state index contributed by atoms with van der Waals surface area (Å²) in [7, 11) is 0. The molecule has 0 bridgehead atoms. The van der Waals surface area contributed by atoms with Crippen LogP contribution in [0.3, 0.4) is 0 Å². The van der Waals surface area contributed by atoms with E-state index in [-0.39, 0.29) is 0 Å². The summed E-state index contributed by atoms with van der Waals surface area (Å²) in [6.07, 6.45) is 3.38. The van der Waals surface area contributed by atoms with E-state index in [1.165, 1.54) is 12.0 Å². The number of hydrogen-bond acceptors (Lipinski definition) is 2. The van der Waals surface area contributed by atoms with Crippen LogP contribution < -0.4 is 10.1 Å². The molecule has 1 atom stereocenters. The zero-order chi connectivity index (χ0) is 14.1. The molecule has 2 nitrogen and oxygen atoms in total. The Kier molecular flexibility index (Phi) is 7.57. The molecule has 1 unspecified atom stereocenters. The first-order valence-electron chi connectivity index (χ1n) is 7.62. The predicted molar refractivity (Wildman–Crippen MR) is 82.9 cm³/mol. The molecule has 1 aromatic rings. The van der Waals surface area contributed by atoms with Gasteiger partial charge in [0.25, 0.3) is 0 Å². The maximum Gasteiger partial charge on any atom is 0.119 e. The third-order valence-electron chi connectivity index (χ3n) is 3.41. The van der Waals surface area contributed by atoms with Crippen LogP contribution in [-0.2, 0) is 6.42 Å². The van der Waals surface area contributed by atoms with E-state index in [2.05, 4.69) is 57.3 Å². The van der Waals surface area contributed by atoms with Gasteiger partial charge in [-0.1, -0.05) is 39.8 Å². The average Bonchev–Trinajstić information content (AvgIpc) is 2.42. The fourth-order valence-corrected chi connectivity index (χ4v) is 2.23. The van der Waals surface area contributed by atoms with Gasteiger partial charge in [0, 0.05) is 6.04 Å². The van der Waals surface area contributed by atoms with Crippen LogP contribution >= 0.6 is 0 Å². The van der Waals surface area contributed by atoms with Gasteiger partial charge >= 0.3 is 0 Å². The van der Waals surface area contributed by atoms with Crippen LogP contribution in [0.15, 0.2) is 24.3 Å². The molecule has 1 N–H and O–H groups in total. The zero-order valence-corrected chi connectivity index (χ0v) is 12.9. The van der Waals surface area contributed by atoms with E-state index >= 15 is 0 Å². The molecule has 0 aliphatic carbocycles. The lowest BCUT2D eigenvalue weighted by atomic mass is 9.96. The highest BCUT2D eigenvalue weighted by Crippen LogP contribution is 2.16. The van der Waals surface area contributed by atoms with Crippen molar-refractivity contribution in [2.45, 2.75) is 53.0 Å². The van der Waals surface area contributed by atoms with Gasteiger partial charge in [0.05, 0.1) is 6.61 Å². The van der Waals surface area contributed by atoms with Crippen LogP contribution in [0, 0.1) is 5.92 Å². The van der Waals surface area contributed by atoms with Crippen molar-refractivity contribution in [3.8, 4) is 5.75 Å². The first kappa shape index (κ1) is 16.0. The van der Waals surface area contributed by atoms with Crippen LogP contribution in [-0.4, -0.2) is 19.2 Å². The fraction of sp³-hybridized carbons (Fsp3) is 0.647. The Morgan fingerprint density at radius 3 is 2.32 bits per heavy atom. The van der Waals surface area contributed by atoms with E-state index in [1.54, 1.807) is 0 Å². The van der Waals surface area contributed by atoms with E-state index in [1.807, 2.05) is 0 Å². The van der Waals surface area contributed by atoms with Gasteiger partial charge in [0.15, 0.2) is 0 Å². The third kappa shape index (κ3) is 6.11. The standard InChI is InChI=1S/C17H29NO/c1-5-13-19-16-10-7-15(8-11-16)9-12-17(14(3)4)18-6-2/h7-8,10-11,14,17-18H,5-6,9,12-13H2,1-4H3. The Bertz CT molecular complexity index is 332. The highest BCUT2D eigenvalue weighted by Gasteiger charge is 2.11. The highest BCUT2D eigenvalue weighted by molar-refractivity contribution is 5.27. The lowest BCUT2D eigenvalue weighted by molar-refractivity contribution is 0.317. The molecular formula is C17H29NO. The summed E-state index contributed by atoms with van der Waals surface area (Å²) < 4.78 is 5.60. The number of nitrogens with one attached hydrogen (secondary N) is 1. The maximum atomic E-state index is 5.60. The van der Waals surface area contributed by atoms with Crippen LogP contribution in [0.2, 0.25) is 0 Å². The van der Waals surface area contributed by atoms with Crippen molar-refractivity contribution >= 4 is 0 Å². The van der Waals surface area contributed by atoms with Crippen molar-refractivity contribution in [2.24, 2.45) is 5.92 Å². The molecule has 0 aliphatic heterocycles. The van der Waals surface area contributed by atoms with Crippen molar-refractivity contribution < 1.29 is 4.74 Å². The Hall–Kier alpha value is -1.02. The first-order valence-corrected chi connectivity index (χ1v) is 7.62. The van der Waals surface area contributed by atoms with E-state index in [0.717, 1.165) is 31.7 Å². The van der Waals surface area contributed by atoms with Crippen molar-refractivity contribution in [1.82, 2.24) is 5.32 Å². The molecule has 0 heterocycles. The summed E-state index contributed by atoms with van der Waals surface area (Å²) in [5.41, 5.74) is 1.40. The Labute approximate surface area is 118 Å². The summed E-state index contributed by atoms with van der Waals surface area (Å²) in [6, 6.07) is 9.16. The van der Waals surface area contributed by atoms with Gasteiger partial charge in [-0.3, -0.25) is 0 Å².